The van der Waals surface area contributed by atoms with E-state index >= 15 is 0 Å². The summed E-state index contributed by atoms with van der Waals surface area (Å²) in [7, 11) is -3.62. The number of nitrogens with one attached hydrogen (secondary N) is 2. The van der Waals surface area contributed by atoms with E-state index in [1.165, 1.54) is 16.7 Å². The fourth-order valence-electron chi connectivity index (χ4n) is 1.61. The summed E-state index contributed by atoms with van der Waals surface area (Å²) in [6.45, 7) is 2.17. The van der Waals surface area contributed by atoms with Crippen LogP contribution in [0.4, 0.5) is 0 Å². The normalized spacial score (nSPS) is 23.1. The minimum atomic E-state index is -3.62. The Hall–Kier alpha value is -1.41. The Morgan fingerprint density at radius 3 is 2.94 bits per heavy atom. The lowest BCUT2D eigenvalue weighted by Crippen LogP contribution is -2.55. The topological polar surface area (TPSA) is 95.2 Å². The van der Waals surface area contributed by atoms with E-state index in [0.717, 1.165) is 0 Å². The van der Waals surface area contributed by atoms with Gasteiger partial charge in [-0.3, -0.25) is 9.89 Å². The Kier molecular flexibility index (Phi) is 2.68. The highest BCUT2D eigenvalue weighted by Gasteiger charge is 2.35. The summed E-state index contributed by atoms with van der Waals surface area (Å²) >= 11 is 0. The van der Waals surface area contributed by atoms with Gasteiger partial charge < -0.3 is 5.32 Å². The van der Waals surface area contributed by atoms with Gasteiger partial charge in [0.2, 0.25) is 15.9 Å². The Morgan fingerprint density at radius 1 is 1.56 bits per heavy atom. The zero-order chi connectivity index (χ0) is 11.8. The van der Waals surface area contributed by atoms with Crippen LogP contribution in [0.5, 0.6) is 0 Å². The number of nitrogens with zero attached hydrogens (tertiary/aromatic N) is 2. The van der Waals surface area contributed by atoms with Crippen molar-refractivity contribution in [1.82, 2.24) is 19.8 Å². The smallest absolute Gasteiger partial charge is 0.246 e. The average molecular weight is 244 g/mol. The Balaban J connectivity index is 2.34. The van der Waals surface area contributed by atoms with Crippen molar-refractivity contribution in [2.75, 3.05) is 13.1 Å². The van der Waals surface area contributed by atoms with Crippen LogP contribution in [0, 0.1) is 0 Å². The molecule has 16 heavy (non-hydrogen) atoms. The van der Waals surface area contributed by atoms with Crippen molar-refractivity contribution in [1.29, 1.82) is 0 Å². The first-order valence-corrected chi connectivity index (χ1v) is 6.26. The van der Waals surface area contributed by atoms with Crippen molar-refractivity contribution >= 4 is 15.9 Å². The largest absolute Gasteiger partial charge is 0.353 e. The average Bonchev–Trinajstić information content (AvgIpc) is 2.75. The summed E-state index contributed by atoms with van der Waals surface area (Å²) in [5.41, 5.74) is 0. The highest BCUT2D eigenvalue weighted by Crippen LogP contribution is 2.18. The minimum Gasteiger partial charge on any atom is -0.353 e. The van der Waals surface area contributed by atoms with Gasteiger partial charge in [-0.2, -0.15) is 9.40 Å². The van der Waals surface area contributed by atoms with Crippen LogP contribution in [0.25, 0.3) is 0 Å². The highest BCUT2D eigenvalue weighted by molar-refractivity contribution is 7.89. The van der Waals surface area contributed by atoms with Crippen molar-refractivity contribution in [2.24, 2.45) is 0 Å². The molecule has 1 aliphatic heterocycles. The maximum atomic E-state index is 12.1. The number of amides is 1. The molecular formula is C8H12N4O3S. The van der Waals surface area contributed by atoms with E-state index in [9.17, 15) is 13.2 Å². The van der Waals surface area contributed by atoms with Gasteiger partial charge in [-0.25, -0.2) is 8.42 Å². The number of sulfonamides is 1. The second kappa shape index (κ2) is 3.87. The summed E-state index contributed by atoms with van der Waals surface area (Å²) in [6, 6.07) is -0.686. The molecular weight excluding hydrogens is 232 g/mol. The molecule has 8 heteroatoms. The van der Waals surface area contributed by atoms with Crippen LogP contribution in [0.1, 0.15) is 6.92 Å². The predicted octanol–water partition coefficient (Wildman–Crippen LogP) is -1.08. The van der Waals surface area contributed by atoms with Gasteiger partial charge in [0.25, 0.3) is 0 Å². The molecule has 1 unspecified atom stereocenters. The van der Waals surface area contributed by atoms with Crippen LogP contribution in [0.2, 0.25) is 0 Å². The molecule has 2 rings (SSSR count). The summed E-state index contributed by atoms with van der Waals surface area (Å²) in [5, 5.41) is 8.65. The maximum absolute atomic E-state index is 12.1. The van der Waals surface area contributed by atoms with Gasteiger partial charge in [-0.05, 0) is 6.92 Å². The second-order valence-corrected chi connectivity index (χ2v) is 5.41. The number of carbonyl (C=O) groups is 1. The van der Waals surface area contributed by atoms with Crippen molar-refractivity contribution in [2.45, 2.75) is 17.9 Å². The molecule has 88 valence electrons. The molecule has 1 amide bonds. The van der Waals surface area contributed by atoms with E-state index in [2.05, 4.69) is 15.5 Å². The molecule has 1 aliphatic rings. The number of aromatic amines is 1. The second-order valence-electron chi connectivity index (χ2n) is 3.52. The van der Waals surface area contributed by atoms with E-state index < -0.39 is 16.1 Å². The van der Waals surface area contributed by atoms with Crippen LogP contribution in [0.3, 0.4) is 0 Å². The summed E-state index contributed by atoms with van der Waals surface area (Å²) in [4.78, 5) is 11.5. The molecule has 7 nitrogen and oxygen atoms in total. The number of rotatable bonds is 2. The number of aromatic nitrogens is 2. The predicted molar refractivity (Wildman–Crippen MR) is 55.0 cm³/mol. The summed E-state index contributed by atoms with van der Waals surface area (Å²) in [6.07, 6.45) is 2.53. The van der Waals surface area contributed by atoms with E-state index in [0.29, 0.717) is 6.54 Å². The molecule has 1 aromatic rings. The van der Waals surface area contributed by atoms with E-state index in [4.69, 9.17) is 0 Å². The van der Waals surface area contributed by atoms with E-state index in [1.54, 1.807) is 6.92 Å². The van der Waals surface area contributed by atoms with Crippen LogP contribution in [-0.2, 0) is 14.8 Å². The van der Waals surface area contributed by atoms with E-state index in [1.807, 2.05) is 0 Å². The molecule has 0 bridgehead atoms. The SMILES string of the molecule is CC1C(=O)NCCN1S(=O)(=O)c1cn[nH]c1. The minimum absolute atomic E-state index is 0.0778. The molecule has 0 saturated carbocycles. The number of carbonyl (C=O) groups excluding carboxylic acids is 1. The molecule has 1 fully saturated rings. The molecule has 1 saturated heterocycles. The van der Waals surface area contributed by atoms with Gasteiger partial charge in [-0.15, -0.1) is 0 Å². The van der Waals surface area contributed by atoms with Gasteiger partial charge in [0.05, 0.1) is 6.20 Å². The number of hydrogen-bond acceptors (Lipinski definition) is 4. The molecule has 0 spiro atoms. The Labute approximate surface area is 92.9 Å². The van der Waals surface area contributed by atoms with Crippen molar-refractivity contribution in [3.63, 3.8) is 0 Å². The lowest BCUT2D eigenvalue weighted by atomic mass is 10.2. The van der Waals surface area contributed by atoms with Gasteiger partial charge in [-0.1, -0.05) is 0 Å². The lowest BCUT2D eigenvalue weighted by molar-refractivity contribution is -0.126. The molecule has 1 atom stereocenters. The van der Waals surface area contributed by atoms with Gasteiger partial charge in [0, 0.05) is 19.3 Å². The molecule has 0 aliphatic carbocycles. The molecule has 2 N–H and O–H groups in total. The maximum Gasteiger partial charge on any atom is 0.246 e. The van der Waals surface area contributed by atoms with Crippen molar-refractivity contribution in [3.05, 3.63) is 12.4 Å². The number of hydrogen-bond donors (Lipinski definition) is 2. The first kappa shape index (κ1) is 11.1. The Morgan fingerprint density at radius 2 is 2.31 bits per heavy atom. The fourth-order valence-corrected chi connectivity index (χ4v) is 3.11. The van der Waals surface area contributed by atoms with Crippen molar-refractivity contribution < 1.29 is 13.2 Å². The molecule has 2 heterocycles. The van der Waals surface area contributed by atoms with Gasteiger partial charge in [0.15, 0.2) is 0 Å². The fraction of sp³-hybridized carbons (Fsp3) is 0.500. The van der Waals surface area contributed by atoms with Crippen LogP contribution in [-0.4, -0.2) is 48.0 Å². The summed E-state index contributed by atoms with van der Waals surface area (Å²) in [5.74, 6) is -0.279. The first-order valence-electron chi connectivity index (χ1n) is 4.82. The standard InChI is InChI=1S/C8H12N4O3S/c1-6-8(13)9-2-3-12(6)16(14,15)7-4-10-11-5-7/h4-6H,2-3H2,1H3,(H,9,13)(H,10,11). The van der Waals surface area contributed by atoms with Crippen LogP contribution >= 0.6 is 0 Å². The monoisotopic (exact) mass is 244 g/mol. The van der Waals surface area contributed by atoms with Crippen LogP contribution < -0.4 is 5.32 Å². The highest BCUT2D eigenvalue weighted by atomic mass is 32.2. The zero-order valence-corrected chi connectivity index (χ0v) is 9.49. The third-order valence-electron chi connectivity index (χ3n) is 2.52. The first-order chi connectivity index (χ1) is 7.53. The van der Waals surface area contributed by atoms with Gasteiger partial charge >= 0.3 is 0 Å². The zero-order valence-electron chi connectivity index (χ0n) is 8.67. The lowest BCUT2D eigenvalue weighted by Gasteiger charge is -2.31. The van der Waals surface area contributed by atoms with E-state index in [-0.39, 0.29) is 17.3 Å². The van der Waals surface area contributed by atoms with Crippen molar-refractivity contribution in [3.8, 4) is 0 Å². The number of piperazine rings is 1. The van der Waals surface area contributed by atoms with Gasteiger partial charge in [0.1, 0.15) is 10.9 Å². The molecule has 1 aromatic heterocycles. The molecule has 0 radical (unpaired) electrons. The van der Waals surface area contributed by atoms with Crippen LogP contribution in [0.15, 0.2) is 17.3 Å². The Bertz CT molecular complexity index is 481. The summed E-state index contributed by atoms with van der Waals surface area (Å²) < 4.78 is 25.4. The third kappa shape index (κ3) is 1.69. The molecule has 0 aromatic carbocycles. The quantitative estimate of drug-likeness (QED) is 0.691. The number of H-pyrrole nitrogens is 1. The third-order valence-corrected chi connectivity index (χ3v) is 4.46.